The number of hydrogen-bond donors (Lipinski definition) is 1. The van der Waals surface area contributed by atoms with Crippen molar-refractivity contribution in [3.63, 3.8) is 0 Å². The van der Waals surface area contributed by atoms with Crippen molar-refractivity contribution in [3.05, 3.63) is 35.8 Å². The predicted molar refractivity (Wildman–Crippen MR) is 49.8 cm³/mol. The van der Waals surface area contributed by atoms with Crippen molar-refractivity contribution in [2.45, 2.75) is 6.23 Å². The Hall–Kier alpha value is -1.39. The summed E-state index contributed by atoms with van der Waals surface area (Å²) >= 11 is 0. The van der Waals surface area contributed by atoms with E-state index in [9.17, 15) is 4.39 Å². The van der Waals surface area contributed by atoms with Gasteiger partial charge in [0.25, 0.3) is 0 Å². The first-order valence-electron chi connectivity index (χ1n) is 4.41. The molecular formula is C10H9FN2O. The van der Waals surface area contributed by atoms with Crippen molar-refractivity contribution < 1.29 is 9.23 Å². The Morgan fingerprint density at radius 1 is 1.50 bits per heavy atom. The van der Waals surface area contributed by atoms with Gasteiger partial charge in [0, 0.05) is 29.7 Å². The summed E-state index contributed by atoms with van der Waals surface area (Å²) in [4.78, 5) is 4.97. The highest BCUT2D eigenvalue weighted by Crippen LogP contribution is 2.31. The molecule has 1 fully saturated rings. The SMILES string of the molecule is Cn1cc(C2NO2)c2cc(F)ccc21. The number of nitrogens with zero attached hydrogens (tertiary/aromatic N) is 1. The minimum Gasteiger partial charge on any atom is -0.350 e. The van der Waals surface area contributed by atoms with Crippen molar-refractivity contribution in [3.8, 4) is 0 Å². The molecular weight excluding hydrogens is 183 g/mol. The Kier molecular flexibility index (Phi) is 1.45. The fourth-order valence-corrected chi connectivity index (χ4v) is 1.76. The fourth-order valence-electron chi connectivity index (χ4n) is 1.76. The molecule has 1 unspecified atom stereocenters. The summed E-state index contributed by atoms with van der Waals surface area (Å²) in [6, 6.07) is 4.78. The van der Waals surface area contributed by atoms with Crippen LogP contribution >= 0.6 is 0 Å². The molecule has 0 bridgehead atoms. The molecule has 1 aromatic carbocycles. The number of nitrogens with one attached hydrogen (secondary N) is 1. The lowest BCUT2D eigenvalue weighted by Crippen LogP contribution is -1.83. The van der Waals surface area contributed by atoms with Gasteiger partial charge >= 0.3 is 0 Å². The molecule has 72 valence electrons. The highest BCUT2D eigenvalue weighted by atomic mass is 19.1. The van der Waals surface area contributed by atoms with E-state index in [1.807, 2.05) is 17.8 Å². The molecule has 3 rings (SSSR count). The molecule has 1 aliphatic rings. The van der Waals surface area contributed by atoms with Gasteiger partial charge in [-0.05, 0) is 18.2 Å². The van der Waals surface area contributed by atoms with Crippen LogP contribution in [0.3, 0.4) is 0 Å². The quantitative estimate of drug-likeness (QED) is 0.700. The number of benzene rings is 1. The summed E-state index contributed by atoms with van der Waals surface area (Å²) in [5, 5.41) is 0.905. The maximum absolute atomic E-state index is 13.0. The van der Waals surface area contributed by atoms with Crippen molar-refractivity contribution in [1.29, 1.82) is 0 Å². The van der Waals surface area contributed by atoms with Gasteiger partial charge < -0.3 is 4.57 Å². The van der Waals surface area contributed by atoms with Gasteiger partial charge in [0.1, 0.15) is 5.82 Å². The average Bonchev–Trinajstić information content (AvgIpc) is 2.93. The van der Waals surface area contributed by atoms with Crippen LogP contribution in [0.2, 0.25) is 0 Å². The van der Waals surface area contributed by atoms with Crippen LogP contribution < -0.4 is 5.48 Å². The van der Waals surface area contributed by atoms with E-state index < -0.39 is 0 Å². The normalized spacial score (nSPS) is 20.3. The number of rotatable bonds is 1. The van der Waals surface area contributed by atoms with E-state index in [1.165, 1.54) is 12.1 Å². The Morgan fingerprint density at radius 2 is 2.29 bits per heavy atom. The summed E-state index contributed by atoms with van der Waals surface area (Å²) in [6.45, 7) is 0. The second-order valence-corrected chi connectivity index (χ2v) is 3.47. The molecule has 1 saturated heterocycles. The minimum atomic E-state index is -0.217. The van der Waals surface area contributed by atoms with Crippen LogP contribution in [-0.2, 0) is 11.9 Å². The van der Waals surface area contributed by atoms with E-state index in [2.05, 4.69) is 5.48 Å². The summed E-state index contributed by atoms with van der Waals surface area (Å²) in [5.74, 6) is -0.217. The highest BCUT2D eigenvalue weighted by Gasteiger charge is 2.28. The van der Waals surface area contributed by atoms with E-state index in [-0.39, 0.29) is 12.0 Å². The number of aromatic nitrogens is 1. The molecule has 1 N–H and O–H groups in total. The maximum Gasteiger partial charge on any atom is 0.178 e. The molecule has 1 aromatic heterocycles. The van der Waals surface area contributed by atoms with Crippen LogP contribution in [0.5, 0.6) is 0 Å². The topological polar surface area (TPSA) is 39.4 Å². The number of fused-ring (bicyclic) bond motifs is 1. The van der Waals surface area contributed by atoms with Gasteiger partial charge in [0.2, 0.25) is 0 Å². The number of hydroxylamine groups is 1. The van der Waals surface area contributed by atoms with Gasteiger partial charge in [0.05, 0.1) is 0 Å². The Labute approximate surface area is 80.0 Å². The highest BCUT2D eigenvalue weighted by molar-refractivity contribution is 5.84. The standard InChI is InChI=1S/C10H9FN2O/c1-13-5-8(10-12-14-10)7-4-6(11)2-3-9(7)13/h2-5,10,12H,1H3. The molecule has 0 spiro atoms. The van der Waals surface area contributed by atoms with Crippen molar-refractivity contribution in [1.82, 2.24) is 10.0 Å². The predicted octanol–water partition coefficient (Wildman–Crippen LogP) is 1.85. The molecule has 0 saturated carbocycles. The molecule has 0 amide bonds. The number of hydrogen-bond acceptors (Lipinski definition) is 2. The Morgan fingerprint density at radius 3 is 3.00 bits per heavy atom. The molecule has 0 radical (unpaired) electrons. The lowest BCUT2D eigenvalue weighted by Gasteiger charge is -1.94. The monoisotopic (exact) mass is 192 g/mol. The number of aryl methyl sites for hydroxylation is 1. The average molecular weight is 192 g/mol. The van der Waals surface area contributed by atoms with Gasteiger partial charge in [-0.15, -0.1) is 0 Å². The largest absolute Gasteiger partial charge is 0.350 e. The summed E-state index contributed by atoms with van der Waals surface area (Å²) in [7, 11) is 1.94. The zero-order chi connectivity index (χ0) is 9.71. The second kappa shape index (κ2) is 2.56. The third kappa shape index (κ3) is 1.05. The van der Waals surface area contributed by atoms with Gasteiger partial charge in [0.15, 0.2) is 6.23 Å². The van der Waals surface area contributed by atoms with E-state index in [0.29, 0.717) is 0 Å². The zero-order valence-corrected chi connectivity index (χ0v) is 7.62. The van der Waals surface area contributed by atoms with Crippen molar-refractivity contribution in [2.24, 2.45) is 7.05 Å². The Bertz CT molecular complexity index is 502. The van der Waals surface area contributed by atoms with Crippen molar-refractivity contribution >= 4 is 10.9 Å². The van der Waals surface area contributed by atoms with Crippen molar-refractivity contribution in [2.75, 3.05) is 0 Å². The van der Waals surface area contributed by atoms with Gasteiger partial charge in [-0.25, -0.2) is 4.39 Å². The first-order chi connectivity index (χ1) is 6.75. The number of halogens is 1. The van der Waals surface area contributed by atoms with Crippen LogP contribution in [0, 0.1) is 5.82 Å². The van der Waals surface area contributed by atoms with Gasteiger partial charge in [-0.2, -0.15) is 5.48 Å². The molecule has 1 atom stereocenters. The Balaban J connectivity index is 2.33. The summed E-state index contributed by atoms with van der Waals surface area (Å²) < 4.78 is 15.0. The van der Waals surface area contributed by atoms with E-state index in [4.69, 9.17) is 4.84 Å². The first kappa shape index (κ1) is 7.96. The third-order valence-corrected chi connectivity index (χ3v) is 2.50. The molecule has 2 aromatic rings. The molecule has 4 heteroatoms. The van der Waals surface area contributed by atoms with E-state index in [0.717, 1.165) is 16.5 Å². The van der Waals surface area contributed by atoms with Crippen LogP contribution in [-0.4, -0.2) is 4.57 Å². The van der Waals surface area contributed by atoms with Gasteiger partial charge in [-0.1, -0.05) is 0 Å². The summed E-state index contributed by atoms with van der Waals surface area (Å²) in [5.41, 5.74) is 4.74. The maximum atomic E-state index is 13.0. The zero-order valence-electron chi connectivity index (χ0n) is 7.62. The minimum absolute atomic E-state index is 0.0690. The fraction of sp³-hybridized carbons (Fsp3) is 0.200. The van der Waals surface area contributed by atoms with E-state index in [1.54, 1.807) is 6.07 Å². The lowest BCUT2D eigenvalue weighted by molar-refractivity contribution is 0.375. The molecule has 1 aliphatic heterocycles. The van der Waals surface area contributed by atoms with Gasteiger partial charge in [-0.3, -0.25) is 4.84 Å². The molecule has 2 heterocycles. The third-order valence-electron chi connectivity index (χ3n) is 2.50. The van der Waals surface area contributed by atoms with Crippen LogP contribution in [0.15, 0.2) is 24.4 Å². The molecule has 0 aliphatic carbocycles. The van der Waals surface area contributed by atoms with Crippen LogP contribution in [0.4, 0.5) is 4.39 Å². The van der Waals surface area contributed by atoms with Crippen LogP contribution in [0.25, 0.3) is 10.9 Å². The smallest absolute Gasteiger partial charge is 0.178 e. The molecule has 3 nitrogen and oxygen atoms in total. The first-order valence-corrected chi connectivity index (χ1v) is 4.41. The van der Waals surface area contributed by atoms with E-state index >= 15 is 0 Å². The summed E-state index contributed by atoms with van der Waals surface area (Å²) in [6.07, 6.45) is 1.88. The lowest BCUT2D eigenvalue weighted by atomic mass is 10.1. The van der Waals surface area contributed by atoms with Crippen LogP contribution in [0.1, 0.15) is 11.8 Å². The second-order valence-electron chi connectivity index (χ2n) is 3.47. The molecule has 14 heavy (non-hydrogen) atoms.